The van der Waals surface area contributed by atoms with Crippen molar-refractivity contribution in [2.75, 3.05) is 36.0 Å². The summed E-state index contributed by atoms with van der Waals surface area (Å²) >= 11 is 0. The van der Waals surface area contributed by atoms with Crippen LogP contribution in [0.2, 0.25) is 0 Å². The Bertz CT molecular complexity index is 774. The highest BCUT2D eigenvalue weighted by Crippen LogP contribution is 2.35. The number of aryl methyl sites for hydroxylation is 2. The third-order valence-electron chi connectivity index (χ3n) is 4.94. The van der Waals surface area contributed by atoms with E-state index in [4.69, 9.17) is 0 Å². The second-order valence-corrected chi connectivity index (χ2v) is 6.56. The van der Waals surface area contributed by atoms with Gasteiger partial charge in [0.2, 0.25) is 0 Å². The molecule has 2 atom stereocenters. The van der Waals surface area contributed by atoms with Crippen molar-refractivity contribution in [1.82, 2.24) is 19.5 Å². The Morgan fingerprint density at radius 2 is 1.78 bits per heavy atom. The molecule has 0 radical (unpaired) electrons. The lowest BCUT2D eigenvalue weighted by Gasteiger charge is -2.23. The highest BCUT2D eigenvalue weighted by atomic mass is 16.1. The number of fused-ring (bicyclic) bond motifs is 1. The molecule has 7 nitrogen and oxygen atoms in total. The highest BCUT2D eigenvalue weighted by Gasteiger charge is 2.41. The summed E-state index contributed by atoms with van der Waals surface area (Å²) in [6.45, 7) is 5.96. The van der Waals surface area contributed by atoms with Crippen molar-refractivity contribution in [1.29, 1.82) is 0 Å². The smallest absolute Gasteiger partial charge is 0.255 e. The van der Waals surface area contributed by atoms with Crippen molar-refractivity contribution >= 4 is 11.6 Å². The van der Waals surface area contributed by atoms with Crippen molar-refractivity contribution in [3.63, 3.8) is 0 Å². The Balaban J connectivity index is 1.49. The molecule has 0 spiro atoms. The van der Waals surface area contributed by atoms with Crippen molar-refractivity contribution in [3.05, 3.63) is 40.8 Å². The molecule has 0 bridgehead atoms. The SMILES string of the molecule is Cc1cncnc1N1CC2CN(c3cc(=O)n(C)cn3)CC2C1. The zero-order valence-electron chi connectivity index (χ0n) is 13.4. The van der Waals surface area contributed by atoms with Crippen LogP contribution in [0.15, 0.2) is 29.7 Å². The van der Waals surface area contributed by atoms with Gasteiger partial charge in [0.25, 0.3) is 5.56 Å². The first-order chi connectivity index (χ1) is 11.1. The van der Waals surface area contributed by atoms with Gasteiger partial charge in [0.15, 0.2) is 0 Å². The molecule has 0 aromatic carbocycles. The van der Waals surface area contributed by atoms with E-state index < -0.39 is 0 Å². The number of hydrogen-bond donors (Lipinski definition) is 0. The average Bonchev–Trinajstić information content (AvgIpc) is 3.09. The van der Waals surface area contributed by atoms with E-state index in [9.17, 15) is 4.79 Å². The van der Waals surface area contributed by atoms with Crippen molar-refractivity contribution in [2.45, 2.75) is 6.92 Å². The molecule has 7 heteroatoms. The molecule has 2 saturated heterocycles. The maximum absolute atomic E-state index is 11.8. The topological polar surface area (TPSA) is 67.2 Å². The fourth-order valence-electron chi connectivity index (χ4n) is 3.70. The van der Waals surface area contributed by atoms with Gasteiger partial charge < -0.3 is 14.4 Å². The Morgan fingerprint density at radius 3 is 2.43 bits per heavy atom. The largest absolute Gasteiger partial charge is 0.356 e. The van der Waals surface area contributed by atoms with Crippen molar-refractivity contribution < 1.29 is 0 Å². The minimum Gasteiger partial charge on any atom is -0.356 e. The van der Waals surface area contributed by atoms with Crippen LogP contribution in [0.3, 0.4) is 0 Å². The van der Waals surface area contributed by atoms with E-state index >= 15 is 0 Å². The lowest BCUT2D eigenvalue weighted by atomic mass is 10.0. The van der Waals surface area contributed by atoms with E-state index in [2.05, 4.69) is 31.7 Å². The Morgan fingerprint density at radius 1 is 1.09 bits per heavy atom. The summed E-state index contributed by atoms with van der Waals surface area (Å²) in [4.78, 5) is 29.3. The Hall–Kier alpha value is -2.44. The van der Waals surface area contributed by atoms with Crippen LogP contribution in [0.4, 0.5) is 11.6 Å². The van der Waals surface area contributed by atoms with Gasteiger partial charge in [0, 0.05) is 62.9 Å². The summed E-state index contributed by atoms with van der Waals surface area (Å²) < 4.78 is 1.50. The molecule has 2 fully saturated rings. The molecular formula is C16H20N6O. The maximum Gasteiger partial charge on any atom is 0.255 e. The van der Waals surface area contributed by atoms with Gasteiger partial charge in [-0.05, 0) is 6.92 Å². The standard InChI is InChI=1S/C16H20N6O/c1-11-4-17-9-18-16(11)22-7-12-5-21(6-13(12)8-22)14-3-15(23)20(2)10-19-14/h3-4,9-10,12-13H,5-8H2,1-2H3. The van der Waals surface area contributed by atoms with Gasteiger partial charge in [-0.15, -0.1) is 0 Å². The van der Waals surface area contributed by atoms with Crippen LogP contribution >= 0.6 is 0 Å². The summed E-state index contributed by atoms with van der Waals surface area (Å²) in [5.74, 6) is 3.03. The fraction of sp³-hybridized carbons (Fsp3) is 0.500. The van der Waals surface area contributed by atoms with Gasteiger partial charge in [-0.1, -0.05) is 0 Å². The van der Waals surface area contributed by atoms with Gasteiger partial charge in [-0.3, -0.25) is 4.79 Å². The van der Waals surface area contributed by atoms with Crippen LogP contribution in [0.25, 0.3) is 0 Å². The minimum atomic E-state index is -0.00898. The number of rotatable bonds is 2. The predicted octanol–water partition coefficient (Wildman–Crippen LogP) is 0.451. The van der Waals surface area contributed by atoms with Gasteiger partial charge in [-0.2, -0.15) is 0 Å². The molecule has 4 heterocycles. The van der Waals surface area contributed by atoms with Crippen LogP contribution in [-0.4, -0.2) is 45.7 Å². The van der Waals surface area contributed by atoms with Crippen LogP contribution in [0.1, 0.15) is 5.56 Å². The molecule has 0 aliphatic carbocycles. The third-order valence-corrected chi connectivity index (χ3v) is 4.94. The van der Waals surface area contributed by atoms with E-state index in [1.807, 2.05) is 6.20 Å². The minimum absolute atomic E-state index is 0.00898. The molecule has 0 amide bonds. The average molecular weight is 312 g/mol. The van der Waals surface area contributed by atoms with Gasteiger partial charge in [0.1, 0.15) is 18.0 Å². The fourth-order valence-corrected chi connectivity index (χ4v) is 3.70. The molecule has 2 aromatic rings. The maximum atomic E-state index is 11.8. The van der Waals surface area contributed by atoms with Crippen LogP contribution in [0.5, 0.6) is 0 Å². The van der Waals surface area contributed by atoms with Crippen LogP contribution in [-0.2, 0) is 7.05 Å². The summed E-state index contributed by atoms with van der Waals surface area (Å²) in [7, 11) is 1.72. The molecule has 0 N–H and O–H groups in total. The molecule has 0 saturated carbocycles. The third kappa shape index (κ3) is 2.46. The molecule has 2 aromatic heterocycles. The second-order valence-electron chi connectivity index (χ2n) is 6.56. The molecule has 2 unspecified atom stereocenters. The monoisotopic (exact) mass is 312 g/mol. The van der Waals surface area contributed by atoms with Gasteiger partial charge in [-0.25, -0.2) is 15.0 Å². The normalized spacial score (nSPS) is 23.4. The summed E-state index contributed by atoms with van der Waals surface area (Å²) in [5.41, 5.74) is 1.11. The number of aromatic nitrogens is 4. The molecule has 4 rings (SSSR count). The first-order valence-corrected chi connectivity index (χ1v) is 7.91. The zero-order valence-corrected chi connectivity index (χ0v) is 13.4. The molecule has 2 aliphatic rings. The van der Waals surface area contributed by atoms with E-state index in [0.717, 1.165) is 43.4 Å². The van der Waals surface area contributed by atoms with Gasteiger partial charge >= 0.3 is 0 Å². The summed E-state index contributed by atoms with van der Waals surface area (Å²) in [5, 5.41) is 0. The lowest BCUT2D eigenvalue weighted by Crippen LogP contribution is -2.31. The van der Waals surface area contributed by atoms with Crippen molar-refractivity contribution in [3.8, 4) is 0 Å². The zero-order chi connectivity index (χ0) is 16.0. The summed E-state index contributed by atoms with van der Waals surface area (Å²) in [6, 6.07) is 1.63. The second kappa shape index (κ2) is 5.33. The Labute approximate surface area is 134 Å². The Kier molecular flexibility index (Phi) is 3.28. The number of anilines is 2. The van der Waals surface area contributed by atoms with Crippen LogP contribution in [0, 0.1) is 18.8 Å². The molecular weight excluding hydrogens is 292 g/mol. The van der Waals surface area contributed by atoms with Gasteiger partial charge in [0.05, 0.1) is 6.33 Å². The predicted molar refractivity (Wildman–Crippen MR) is 87.7 cm³/mol. The highest BCUT2D eigenvalue weighted by molar-refractivity contribution is 5.48. The number of nitrogens with zero attached hydrogens (tertiary/aromatic N) is 6. The number of hydrogen-bond acceptors (Lipinski definition) is 6. The quantitative estimate of drug-likeness (QED) is 0.802. The van der Waals surface area contributed by atoms with E-state index in [0.29, 0.717) is 11.8 Å². The van der Waals surface area contributed by atoms with E-state index in [1.165, 1.54) is 4.57 Å². The first-order valence-electron chi connectivity index (χ1n) is 7.91. The van der Waals surface area contributed by atoms with Crippen LogP contribution < -0.4 is 15.4 Å². The first kappa shape index (κ1) is 14.2. The lowest BCUT2D eigenvalue weighted by molar-refractivity contribution is 0.533. The molecule has 23 heavy (non-hydrogen) atoms. The molecule has 120 valence electrons. The molecule has 2 aliphatic heterocycles. The van der Waals surface area contributed by atoms with Crippen molar-refractivity contribution in [2.24, 2.45) is 18.9 Å². The van der Waals surface area contributed by atoms with E-state index in [1.54, 1.807) is 25.8 Å². The van der Waals surface area contributed by atoms with E-state index in [-0.39, 0.29) is 5.56 Å². The summed E-state index contributed by atoms with van der Waals surface area (Å²) in [6.07, 6.45) is 5.08.